The highest BCUT2D eigenvalue weighted by Crippen LogP contribution is 2.28. The van der Waals surface area contributed by atoms with Crippen LogP contribution in [0.3, 0.4) is 0 Å². The van der Waals surface area contributed by atoms with E-state index in [2.05, 4.69) is 4.99 Å². The molecule has 0 bridgehead atoms. The molecule has 2 rings (SSSR count). The molecule has 0 saturated heterocycles. The molecule has 30 heavy (non-hydrogen) atoms. The lowest BCUT2D eigenvalue weighted by Crippen LogP contribution is -2.18. The fourth-order valence-electron chi connectivity index (χ4n) is 3.61. The van der Waals surface area contributed by atoms with E-state index in [-0.39, 0.29) is 27.8 Å². The van der Waals surface area contributed by atoms with Gasteiger partial charge in [0.25, 0.3) is 0 Å². The van der Waals surface area contributed by atoms with E-state index in [9.17, 15) is 14.7 Å². The van der Waals surface area contributed by atoms with E-state index in [0.29, 0.717) is 6.42 Å². The number of aliphatic carboxylic acids is 1. The van der Waals surface area contributed by atoms with Crippen LogP contribution in [0.15, 0.2) is 23.2 Å². The molecule has 7 heteroatoms. The molecule has 1 unspecified atom stereocenters. The van der Waals surface area contributed by atoms with Crippen molar-refractivity contribution in [1.29, 1.82) is 0 Å². The molecule has 0 spiro atoms. The molecule has 166 valence electrons. The van der Waals surface area contributed by atoms with Gasteiger partial charge in [0.2, 0.25) is 0 Å². The van der Waals surface area contributed by atoms with Gasteiger partial charge in [-0.3, -0.25) is 14.6 Å². The zero-order valence-electron chi connectivity index (χ0n) is 17.4. The summed E-state index contributed by atoms with van der Waals surface area (Å²) in [4.78, 5) is 28.4. The van der Waals surface area contributed by atoms with Crippen molar-refractivity contribution < 1.29 is 19.4 Å². The topological polar surface area (TPSA) is 76.0 Å². The Bertz CT molecular complexity index is 716. The predicted molar refractivity (Wildman–Crippen MR) is 121 cm³/mol. The molecule has 1 aromatic rings. The second kappa shape index (κ2) is 13.7. The van der Waals surface area contributed by atoms with E-state index < -0.39 is 11.9 Å². The van der Waals surface area contributed by atoms with Crippen LogP contribution in [0.25, 0.3) is 0 Å². The summed E-state index contributed by atoms with van der Waals surface area (Å²) in [6, 6.07) is 4.84. The average molecular weight is 456 g/mol. The number of aliphatic imine (C=N–C) groups is 1. The number of rotatable bonds is 14. The number of benzene rings is 1. The van der Waals surface area contributed by atoms with Crippen LogP contribution in [0, 0.1) is 5.92 Å². The molecule has 1 aromatic carbocycles. The number of ether oxygens (including phenoxy) is 1. The Labute approximate surface area is 188 Å². The maximum Gasteiger partial charge on any atom is 0.306 e. The number of Topliss-reactive ketones (excluding diaryl/α,β-unsaturated/α-hetero) is 1. The van der Waals surface area contributed by atoms with Crippen LogP contribution in [0.5, 0.6) is 0 Å². The van der Waals surface area contributed by atoms with Gasteiger partial charge in [-0.05, 0) is 25.0 Å². The first-order valence-corrected chi connectivity index (χ1v) is 11.6. The molecule has 0 saturated carbocycles. The number of nitrogens with zero attached hydrogens (tertiary/aromatic N) is 1. The van der Waals surface area contributed by atoms with Crippen LogP contribution in [-0.2, 0) is 9.53 Å². The third-order valence-corrected chi connectivity index (χ3v) is 5.96. The molecule has 5 nitrogen and oxygen atoms in total. The van der Waals surface area contributed by atoms with E-state index in [1.807, 2.05) is 0 Å². The highest BCUT2D eigenvalue weighted by Gasteiger charge is 2.24. The summed E-state index contributed by atoms with van der Waals surface area (Å²) in [5.74, 6) is -1.06. The van der Waals surface area contributed by atoms with Crippen molar-refractivity contribution in [2.75, 3.05) is 13.2 Å². The van der Waals surface area contributed by atoms with Crippen molar-refractivity contribution in [1.82, 2.24) is 0 Å². The largest absolute Gasteiger partial charge is 0.481 e. The standard InChI is InChI=1S/C23H31Cl2NO4/c24-18-11-8-12-19(25)22(18)20(27)16-17(23(28)29)10-6-4-2-1-3-5-7-13-21-26-14-9-15-30-21/h8,11-12,17H,1-7,9-10,13-16H2,(H,28,29). The number of hydrogen-bond acceptors (Lipinski definition) is 4. The van der Waals surface area contributed by atoms with Gasteiger partial charge in [0.15, 0.2) is 11.7 Å². The summed E-state index contributed by atoms with van der Waals surface area (Å²) in [7, 11) is 0. The Morgan fingerprint density at radius 3 is 2.27 bits per heavy atom. The van der Waals surface area contributed by atoms with Gasteiger partial charge < -0.3 is 9.84 Å². The van der Waals surface area contributed by atoms with Crippen molar-refractivity contribution in [3.05, 3.63) is 33.8 Å². The van der Waals surface area contributed by atoms with Crippen molar-refractivity contribution in [3.8, 4) is 0 Å². The van der Waals surface area contributed by atoms with Crippen LogP contribution in [0.4, 0.5) is 0 Å². The molecular weight excluding hydrogens is 425 g/mol. The molecule has 0 amide bonds. The fourth-order valence-corrected chi connectivity index (χ4v) is 4.22. The number of carbonyl (C=O) groups excluding carboxylic acids is 1. The molecule has 0 radical (unpaired) electrons. The molecule has 0 fully saturated rings. The molecule has 1 atom stereocenters. The van der Waals surface area contributed by atoms with E-state index in [1.165, 1.54) is 6.42 Å². The molecule has 0 aliphatic carbocycles. The molecule has 1 aliphatic heterocycles. The van der Waals surface area contributed by atoms with E-state index in [0.717, 1.165) is 70.4 Å². The van der Waals surface area contributed by atoms with Gasteiger partial charge in [0.1, 0.15) is 0 Å². The minimum Gasteiger partial charge on any atom is -0.481 e. The molecule has 1 heterocycles. The molecule has 1 aliphatic rings. The number of hydrogen-bond donors (Lipinski definition) is 1. The summed E-state index contributed by atoms with van der Waals surface area (Å²) in [6.07, 6.45) is 9.78. The van der Waals surface area contributed by atoms with Gasteiger partial charge in [0.05, 0.1) is 28.1 Å². The first kappa shape index (κ1) is 24.7. The number of halogens is 2. The number of unbranched alkanes of at least 4 members (excludes halogenated alkanes) is 6. The van der Waals surface area contributed by atoms with Crippen LogP contribution in [0.1, 0.15) is 81.0 Å². The van der Waals surface area contributed by atoms with Gasteiger partial charge in [-0.15, -0.1) is 0 Å². The first-order valence-electron chi connectivity index (χ1n) is 10.8. The van der Waals surface area contributed by atoms with Crippen LogP contribution < -0.4 is 0 Å². The second-order valence-corrected chi connectivity index (χ2v) is 8.56. The lowest BCUT2D eigenvalue weighted by Gasteiger charge is -2.13. The normalized spacial score (nSPS) is 14.7. The highest BCUT2D eigenvalue weighted by molar-refractivity contribution is 6.39. The maximum atomic E-state index is 12.5. The quantitative estimate of drug-likeness (QED) is 0.253. The SMILES string of the molecule is O=C(CC(CCCCCCCCCC1=NCCCO1)C(=O)O)c1c(Cl)cccc1Cl. The van der Waals surface area contributed by atoms with Gasteiger partial charge in [0, 0.05) is 25.8 Å². The van der Waals surface area contributed by atoms with Gasteiger partial charge in [-0.1, -0.05) is 67.8 Å². The molecular formula is C23H31Cl2NO4. The van der Waals surface area contributed by atoms with Gasteiger partial charge >= 0.3 is 5.97 Å². The van der Waals surface area contributed by atoms with E-state index in [1.54, 1.807) is 18.2 Å². The van der Waals surface area contributed by atoms with Gasteiger partial charge in [-0.25, -0.2) is 0 Å². The van der Waals surface area contributed by atoms with Crippen LogP contribution >= 0.6 is 23.2 Å². The van der Waals surface area contributed by atoms with Gasteiger partial charge in [-0.2, -0.15) is 0 Å². The van der Waals surface area contributed by atoms with Crippen LogP contribution in [-0.4, -0.2) is 35.9 Å². The number of carboxylic acids is 1. The Morgan fingerprint density at radius 2 is 1.67 bits per heavy atom. The highest BCUT2D eigenvalue weighted by atomic mass is 35.5. The summed E-state index contributed by atoms with van der Waals surface area (Å²) in [5.41, 5.74) is 0.219. The molecule has 0 aromatic heterocycles. The minimum atomic E-state index is -0.945. The third-order valence-electron chi connectivity index (χ3n) is 5.33. The summed E-state index contributed by atoms with van der Waals surface area (Å²) in [6.45, 7) is 1.69. The minimum absolute atomic E-state index is 0.0786. The third kappa shape index (κ3) is 8.65. The smallest absolute Gasteiger partial charge is 0.306 e. The Morgan fingerprint density at radius 1 is 1.03 bits per heavy atom. The summed E-state index contributed by atoms with van der Waals surface area (Å²) >= 11 is 12.1. The fraction of sp³-hybridized carbons (Fsp3) is 0.609. The lowest BCUT2D eigenvalue weighted by molar-refractivity contribution is -0.141. The second-order valence-electron chi connectivity index (χ2n) is 7.75. The number of carboxylic acid groups (broad SMARTS) is 1. The maximum absolute atomic E-state index is 12.5. The summed E-state index contributed by atoms with van der Waals surface area (Å²) in [5, 5.41) is 10.0. The molecule has 1 N–H and O–H groups in total. The number of carbonyl (C=O) groups is 2. The first-order chi connectivity index (χ1) is 14.5. The van der Waals surface area contributed by atoms with Crippen LogP contribution in [0.2, 0.25) is 10.0 Å². The zero-order valence-corrected chi connectivity index (χ0v) is 18.9. The lowest BCUT2D eigenvalue weighted by atomic mass is 9.93. The van der Waals surface area contributed by atoms with Crippen molar-refractivity contribution in [3.63, 3.8) is 0 Å². The summed E-state index contributed by atoms with van der Waals surface area (Å²) < 4.78 is 5.51. The average Bonchev–Trinajstić information content (AvgIpc) is 2.72. The zero-order chi connectivity index (χ0) is 21.8. The van der Waals surface area contributed by atoms with Crippen molar-refractivity contribution >= 4 is 40.9 Å². The van der Waals surface area contributed by atoms with Crippen molar-refractivity contribution in [2.24, 2.45) is 10.9 Å². The van der Waals surface area contributed by atoms with Crippen molar-refractivity contribution in [2.45, 2.75) is 70.6 Å². The Balaban J connectivity index is 1.60. The Kier molecular flexibility index (Phi) is 11.2. The van der Waals surface area contributed by atoms with E-state index >= 15 is 0 Å². The Hall–Kier alpha value is -1.59. The monoisotopic (exact) mass is 455 g/mol. The number of ketones is 1. The predicted octanol–water partition coefficient (Wildman–Crippen LogP) is 6.60. The van der Waals surface area contributed by atoms with E-state index in [4.69, 9.17) is 27.9 Å².